The molecule has 0 atom stereocenters. The van der Waals surface area contributed by atoms with Crippen molar-refractivity contribution in [1.82, 2.24) is 9.97 Å². The fourth-order valence-corrected chi connectivity index (χ4v) is 1.67. The molecule has 0 saturated carbocycles. The van der Waals surface area contributed by atoms with Gasteiger partial charge in [0.15, 0.2) is 0 Å². The van der Waals surface area contributed by atoms with Crippen molar-refractivity contribution in [1.29, 1.82) is 0 Å². The average Bonchev–Trinajstić information content (AvgIpc) is 2.42. The van der Waals surface area contributed by atoms with Gasteiger partial charge in [-0.2, -0.15) is 0 Å². The molecule has 19 heavy (non-hydrogen) atoms. The maximum Gasteiger partial charge on any atom is 0.134 e. The van der Waals surface area contributed by atoms with Crippen LogP contribution in [0.1, 0.15) is 39.7 Å². The standard InChI is InChI=1S/C14H26N4O/c1-5-7-15-12-11(6-2)13(18-10-17-12)16-8-14(3,4)9-19/h10,19H,5-9H2,1-4H3,(H2,15,16,17,18). The van der Waals surface area contributed by atoms with E-state index >= 15 is 0 Å². The largest absolute Gasteiger partial charge is 0.396 e. The SMILES string of the molecule is CCCNc1ncnc(NCC(C)(C)CO)c1CC. The first-order valence-corrected chi connectivity index (χ1v) is 6.96. The van der Waals surface area contributed by atoms with E-state index in [1.54, 1.807) is 6.33 Å². The van der Waals surface area contributed by atoms with Crippen molar-refractivity contribution in [2.24, 2.45) is 5.41 Å². The van der Waals surface area contributed by atoms with Gasteiger partial charge in [0.05, 0.1) is 0 Å². The minimum absolute atomic E-state index is 0.146. The maximum atomic E-state index is 9.28. The average molecular weight is 266 g/mol. The Kier molecular flexibility index (Phi) is 6.02. The molecule has 5 nitrogen and oxygen atoms in total. The summed E-state index contributed by atoms with van der Waals surface area (Å²) in [4.78, 5) is 8.61. The Labute approximate surface area is 115 Å². The zero-order valence-corrected chi connectivity index (χ0v) is 12.5. The van der Waals surface area contributed by atoms with Gasteiger partial charge in [0, 0.05) is 30.7 Å². The normalized spacial score (nSPS) is 11.4. The molecule has 0 aliphatic heterocycles. The number of aliphatic hydroxyl groups is 1. The van der Waals surface area contributed by atoms with E-state index in [2.05, 4.69) is 34.4 Å². The molecule has 0 spiro atoms. The van der Waals surface area contributed by atoms with Crippen molar-refractivity contribution in [3.63, 3.8) is 0 Å². The van der Waals surface area contributed by atoms with Gasteiger partial charge in [-0.1, -0.05) is 27.7 Å². The van der Waals surface area contributed by atoms with E-state index in [4.69, 9.17) is 0 Å². The van der Waals surface area contributed by atoms with E-state index in [1.165, 1.54) is 0 Å². The Morgan fingerprint density at radius 3 is 2.32 bits per heavy atom. The third-order valence-corrected chi connectivity index (χ3v) is 3.00. The zero-order valence-electron chi connectivity index (χ0n) is 12.5. The molecule has 0 unspecified atom stereocenters. The number of aliphatic hydroxyl groups excluding tert-OH is 1. The highest BCUT2D eigenvalue weighted by atomic mass is 16.3. The van der Waals surface area contributed by atoms with Gasteiger partial charge in [-0.05, 0) is 12.8 Å². The topological polar surface area (TPSA) is 70.1 Å². The molecule has 0 aliphatic rings. The van der Waals surface area contributed by atoms with E-state index in [9.17, 15) is 5.11 Å². The number of nitrogens with zero attached hydrogens (tertiary/aromatic N) is 2. The Hall–Kier alpha value is -1.36. The van der Waals surface area contributed by atoms with Crippen LogP contribution in [0.3, 0.4) is 0 Å². The van der Waals surface area contributed by atoms with Crippen molar-refractivity contribution >= 4 is 11.6 Å². The number of nitrogens with one attached hydrogen (secondary N) is 2. The van der Waals surface area contributed by atoms with Gasteiger partial charge in [0.25, 0.3) is 0 Å². The van der Waals surface area contributed by atoms with Gasteiger partial charge in [-0.25, -0.2) is 9.97 Å². The van der Waals surface area contributed by atoms with Crippen LogP contribution in [-0.4, -0.2) is 34.8 Å². The summed E-state index contributed by atoms with van der Waals surface area (Å²) in [5.74, 6) is 1.77. The van der Waals surface area contributed by atoms with Gasteiger partial charge in [0.1, 0.15) is 18.0 Å². The molecule has 0 radical (unpaired) electrons. The van der Waals surface area contributed by atoms with Crippen molar-refractivity contribution in [3.05, 3.63) is 11.9 Å². The Morgan fingerprint density at radius 2 is 1.79 bits per heavy atom. The molecule has 1 rings (SSSR count). The number of hydrogen-bond acceptors (Lipinski definition) is 5. The Morgan fingerprint density at radius 1 is 1.16 bits per heavy atom. The fraction of sp³-hybridized carbons (Fsp3) is 0.714. The molecule has 0 amide bonds. The van der Waals surface area contributed by atoms with Crippen LogP contribution in [0.4, 0.5) is 11.6 Å². The predicted molar refractivity (Wildman–Crippen MR) is 79.5 cm³/mol. The lowest BCUT2D eigenvalue weighted by molar-refractivity contribution is 0.170. The predicted octanol–water partition coefficient (Wildman–Crippen LogP) is 2.29. The lowest BCUT2D eigenvalue weighted by atomic mass is 9.95. The highest BCUT2D eigenvalue weighted by Gasteiger charge is 2.17. The van der Waals surface area contributed by atoms with Crippen LogP contribution in [0.15, 0.2) is 6.33 Å². The first kappa shape index (κ1) is 15.7. The number of anilines is 2. The summed E-state index contributed by atoms with van der Waals surface area (Å²) in [6.07, 6.45) is 3.51. The molecular formula is C14H26N4O. The second-order valence-electron chi connectivity index (χ2n) is 5.51. The molecule has 0 bridgehead atoms. The van der Waals surface area contributed by atoms with E-state index in [0.717, 1.165) is 36.6 Å². The third-order valence-electron chi connectivity index (χ3n) is 3.00. The molecule has 1 aromatic heterocycles. The molecule has 108 valence electrons. The van der Waals surface area contributed by atoms with Gasteiger partial charge in [-0.3, -0.25) is 0 Å². The minimum atomic E-state index is -0.160. The second kappa shape index (κ2) is 7.28. The van der Waals surface area contributed by atoms with Gasteiger partial charge in [0.2, 0.25) is 0 Å². The Balaban J connectivity index is 2.82. The summed E-state index contributed by atoms with van der Waals surface area (Å²) in [7, 11) is 0. The van der Waals surface area contributed by atoms with E-state index in [0.29, 0.717) is 6.54 Å². The zero-order chi connectivity index (χ0) is 14.3. The van der Waals surface area contributed by atoms with Gasteiger partial charge in [-0.15, -0.1) is 0 Å². The van der Waals surface area contributed by atoms with Crippen molar-refractivity contribution in [2.45, 2.75) is 40.5 Å². The van der Waals surface area contributed by atoms with E-state index in [-0.39, 0.29) is 12.0 Å². The summed E-state index contributed by atoms with van der Waals surface area (Å²) >= 11 is 0. The fourth-order valence-electron chi connectivity index (χ4n) is 1.67. The van der Waals surface area contributed by atoms with Crippen LogP contribution in [0, 0.1) is 5.41 Å². The quantitative estimate of drug-likeness (QED) is 0.673. The first-order valence-electron chi connectivity index (χ1n) is 6.96. The maximum absolute atomic E-state index is 9.28. The van der Waals surface area contributed by atoms with Crippen LogP contribution in [-0.2, 0) is 6.42 Å². The molecule has 1 aromatic rings. The van der Waals surface area contributed by atoms with Crippen LogP contribution >= 0.6 is 0 Å². The molecule has 1 heterocycles. The molecule has 0 fully saturated rings. The number of rotatable bonds is 8. The lowest BCUT2D eigenvalue weighted by Crippen LogP contribution is -2.27. The highest BCUT2D eigenvalue weighted by molar-refractivity contribution is 5.57. The number of hydrogen-bond donors (Lipinski definition) is 3. The van der Waals surface area contributed by atoms with Crippen LogP contribution < -0.4 is 10.6 Å². The first-order chi connectivity index (χ1) is 9.04. The smallest absolute Gasteiger partial charge is 0.134 e. The highest BCUT2D eigenvalue weighted by Crippen LogP contribution is 2.22. The van der Waals surface area contributed by atoms with E-state index < -0.39 is 0 Å². The van der Waals surface area contributed by atoms with Gasteiger partial charge < -0.3 is 15.7 Å². The molecule has 0 aromatic carbocycles. The third kappa shape index (κ3) is 4.67. The second-order valence-corrected chi connectivity index (χ2v) is 5.51. The van der Waals surface area contributed by atoms with Gasteiger partial charge >= 0.3 is 0 Å². The van der Waals surface area contributed by atoms with Crippen LogP contribution in [0.25, 0.3) is 0 Å². The van der Waals surface area contributed by atoms with Crippen molar-refractivity contribution < 1.29 is 5.11 Å². The number of aromatic nitrogens is 2. The summed E-state index contributed by atoms with van der Waals surface area (Å²) < 4.78 is 0. The van der Waals surface area contributed by atoms with Crippen LogP contribution in [0.2, 0.25) is 0 Å². The minimum Gasteiger partial charge on any atom is -0.396 e. The summed E-state index contributed by atoms with van der Waals surface area (Å²) in [5, 5.41) is 15.9. The lowest BCUT2D eigenvalue weighted by Gasteiger charge is -2.23. The molecule has 3 N–H and O–H groups in total. The molecular weight excluding hydrogens is 240 g/mol. The molecule has 5 heteroatoms. The summed E-state index contributed by atoms with van der Waals surface area (Å²) in [6.45, 7) is 9.99. The molecule has 0 aliphatic carbocycles. The van der Waals surface area contributed by atoms with Crippen molar-refractivity contribution in [2.75, 3.05) is 30.3 Å². The van der Waals surface area contributed by atoms with E-state index in [1.807, 2.05) is 13.8 Å². The Bertz CT molecular complexity index is 393. The van der Waals surface area contributed by atoms with Crippen LogP contribution in [0.5, 0.6) is 0 Å². The van der Waals surface area contributed by atoms with Crippen molar-refractivity contribution in [3.8, 4) is 0 Å². The summed E-state index contributed by atoms with van der Waals surface area (Å²) in [5.41, 5.74) is 0.942. The summed E-state index contributed by atoms with van der Waals surface area (Å²) in [6, 6.07) is 0. The monoisotopic (exact) mass is 266 g/mol. The molecule has 0 saturated heterocycles.